The fourth-order valence-electron chi connectivity index (χ4n) is 3.54. The van der Waals surface area contributed by atoms with Gasteiger partial charge in [-0.25, -0.2) is 0 Å². The molecular formula is C20H22O. The predicted octanol–water partition coefficient (Wildman–Crippen LogP) is 5.08. The van der Waals surface area contributed by atoms with Crippen molar-refractivity contribution in [1.29, 1.82) is 0 Å². The van der Waals surface area contributed by atoms with Gasteiger partial charge < -0.3 is 0 Å². The molecule has 1 heteroatoms. The quantitative estimate of drug-likeness (QED) is 0.715. The van der Waals surface area contributed by atoms with Crippen molar-refractivity contribution < 1.29 is 4.79 Å². The zero-order valence-electron chi connectivity index (χ0n) is 12.6. The first-order chi connectivity index (χ1) is 10.2. The lowest BCUT2D eigenvalue weighted by molar-refractivity contribution is 0.0839. The molecule has 0 amide bonds. The second-order valence-corrected chi connectivity index (χ2v) is 6.20. The van der Waals surface area contributed by atoms with E-state index in [0.717, 1.165) is 31.2 Å². The van der Waals surface area contributed by atoms with Crippen LogP contribution in [0.5, 0.6) is 0 Å². The minimum absolute atomic E-state index is 0.299. The number of Topliss-reactive ketones (excluding diaryl/α,β-unsaturated/α-hetero) is 1. The van der Waals surface area contributed by atoms with E-state index >= 15 is 0 Å². The largest absolute Gasteiger partial charge is 0.293 e. The van der Waals surface area contributed by atoms with Gasteiger partial charge in [0, 0.05) is 5.56 Å². The highest BCUT2D eigenvalue weighted by Crippen LogP contribution is 2.42. The van der Waals surface area contributed by atoms with Crippen molar-refractivity contribution in [3.05, 3.63) is 71.3 Å². The molecule has 1 nitrogen and oxygen atoms in total. The van der Waals surface area contributed by atoms with Gasteiger partial charge in [-0.2, -0.15) is 0 Å². The Morgan fingerprint density at radius 2 is 1.48 bits per heavy atom. The molecular weight excluding hydrogens is 256 g/mol. The van der Waals surface area contributed by atoms with Crippen LogP contribution in [-0.2, 0) is 5.41 Å². The molecule has 0 spiro atoms. The zero-order chi connectivity index (χ0) is 14.7. The predicted molar refractivity (Wildman–Crippen MR) is 86.7 cm³/mol. The number of rotatable bonds is 3. The summed E-state index contributed by atoms with van der Waals surface area (Å²) in [4.78, 5) is 13.2. The van der Waals surface area contributed by atoms with Crippen molar-refractivity contribution in [2.75, 3.05) is 0 Å². The monoisotopic (exact) mass is 278 g/mol. The summed E-state index contributed by atoms with van der Waals surface area (Å²) < 4.78 is 0. The summed E-state index contributed by atoms with van der Waals surface area (Å²) >= 11 is 0. The molecule has 1 saturated carbocycles. The summed E-state index contributed by atoms with van der Waals surface area (Å²) in [7, 11) is 0. The molecule has 1 fully saturated rings. The summed E-state index contributed by atoms with van der Waals surface area (Å²) in [5.41, 5.74) is 2.93. The van der Waals surface area contributed by atoms with Crippen LogP contribution in [0.15, 0.2) is 54.6 Å². The molecule has 0 atom stereocenters. The van der Waals surface area contributed by atoms with E-state index < -0.39 is 0 Å². The van der Waals surface area contributed by atoms with Crippen LogP contribution in [0.3, 0.4) is 0 Å². The lowest BCUT2D eigenvalue weighted by atomic mass is 9.65. The van der Waals surface area contributed by atoms with E-state index in [9.17, 15) is 4.79 Å². The van der Waals surface area contributed by atoms with Crippen molar-refractivity contribution >= 4 is 5.78 Å². The molecule has 0 heterocycles. The second-order valence-electron chi connectivity index (χ2n) is 6.20. The van der Waals surface area contributed by atoms with Gasteiger partial charge in [0.15, 0.2) is 5.78 Å². The molecule has 21 heavy (non-hydrogen) atoms. The number of benzene rings is 2. The van der Waals surface area contributed by atoms with Crippen LogP contribution in [0.2, 0.25) is 0 Å². The van der Waals surface area contributed by atoms with Crippen LogP contribution in [0.1, 0.15) is 53.6 Å². The molecule has 0 unspecified atom stereocenters. The lowest BCUT2D eigenvalue weighted by Gasteiger charge is -2.36. The summed E-state index contributed by atoms with van der Waals surface area (Å²) in [6.45, 7) is 2.06. The summed E-state index contributed by atoms with van der Waals surface area (Å²) in [5.74, 6) is 0.299. The highest BCUT2D eigenvalue weighted by molar-refractivity contribution is 6.04. The Morgan fingerprint density at radius 1 is 0.857 bits per heavy atom. The maximum Gasteiger partial charge on any atom is 0.173 e. The van der Waals surface area contributed by atoms with Gasteiger partial charge >= 0.3 is 0 Å². The smallest absolute Gasteiger partial charge is 0.173 e. The number of carbonyl (C=O) groups is 1. The first-order valence-electron chi connectivity index (χ1n) is 7.89. The van der Waals surface area contributed by atoms with Gasteiger partial charge in [0.2, 0.25) is 0 Å². The standard InChI is InChI=1S/C20H22O/c1-16-10-12-17(13-11-16)19(21)20(14-6-3-7-15-20)18-8-4-2-5-9-18/h2,4-5,8-13H,3,6-7,14-15H2,1H3. The SMILES string of the molecule is Cc1ccc(C(=O)C2(c3ccccc3)CCCCC2)cc1. The molecule has 0 aromatic heterocycles. The summed E-state index contributed by atoms with van der Waals surface area (Å²) in [5, 5.41) is 0. The normalized spacial score (nSPS) is 17.4. The van der Waals surface area contributed by atoms with Crippen LogP contribution in [0.25, 0.3) is 0 Å². The Morgan fingerprint density at radius 3 is 2.10 bits per heavy atom. The number of aryl methyl sites for hydroxylation is 1. The molecule has 1 aliphatic carbocycles. The average Bonchev–Trinajstić information content (AvgIpc) is 2.56. The topological polar surface area (TPSA) is 17.1 Å². The summed E-state index contributed by atoms with van der Waals surface area (Å²) in [6, 6.07) is 18.4. The van der Waals surface area contributed by atoms with Crippen molar-refractivity contribution in [1.82, 2.24) is 0 Å². The van der Waals surface area contributed by atoms with E-state index in [1.54, 1.807) is 0 Å². The van der Waals surface area contributed by atoms with Crippen LogP contribution in [-0.4, -0.2) is 5.78 Å². The van der Waals surface area contributed by atoms with Crippen LogP contribution < -0.4 is 0 Å². The molecule has 0 aliphatic heterocycles. The Kier molecular flexibility index (Phi) is 3.92. The Labute approximate surface area is 127 Å². The van der Waals surface area contributed by atoms with Gasteiger partial charge in [0.1, 0.15) is 0 Å². The highest BCUT2D eigenvalue weighted by Gasteiger charge is 2.41. The number of hydrogen-bond donors (Lipinski definition) is 0. The average molecular weight is 278 g/mol. The fraction of sp³-hybridized carbons (Fsp3) is 0.350. The van der Waals surface area contributed by atoms with E-state index in [4.69, 9.17) is 0 Å². The highest BCUT2D eigenvalue weighted by atomic mass is 16.1. The first-order valence-corrected chi connectivity index (χ1v) is 7.89. The van der Waals surface area contributed by atoms with Gasteiger partial charge in [-0.15, -0.1) is 0 Å². The minimum Gasteiger partial charge on any atom is -0.293 e. The van der Waals surface area contributed by atoms with E-state index in [-0.39, 0.29) is 5.41 Å². The Balaban J connectivity index is 2.03. The maximum atomic E-state index is 13.2. The molecule has 108 valence electrons. The summed E-state index contributed by atoms with van der Waals surface area (Å²) in [6.07, 6.45) is 5.49. The third kappa shape index (κ3) is 2.65. The third-order valence-electron chi connectivity index (χ3n) is 4.78. The van der Waals surface area contributed by atoms with E-state index in [1.165, 1.54) is 17.5 Å². The van der Waals surface area contributed by atoms with Crippen molar-refractivity contribution in [3.8, 4) is 0 Å². The van der Waals surface area contributed by atoms with Gasteiger partial charge in [-0.3, -0.25) is 4.79 Å². The second kappa shape index (κ2) is 5.85. The van der Waals surface area contributed by atoms with Crippen LogP contribution in [0.4, 0.5) is 0 Å². The lowest BCUT2D eigenvalue weighted by Crippen LogP contribution is -2.38. The molecule has 2 aromatic rings. The maximum absolute atomic E-state index is 13.2. The molecule has 1 aliphatic rings. The van der Waals surface area contributed by atoms with Gasteiger partial charge in [0.05, 0.1) is 5.41 Å². The zero-order valence-corrected chi connectivity index (χ0v) is 12.6. The van der Waals surface area contributed by atoms with Crippen LogP contribution >= 0.6 is 0 Å². The number of ketones is 1. The molecule has 0 N–H and O–H groups in total. The van der Waals surface area contributed by atoms with Gasteiger partial charge in [0.25, 0.3) is 0 Å². The molecule has 2 aromatic carbocycles. The van der Waals surface area contributed by atoms with Crippen LogP contribution in [0, 0.1) is 6.92 Å². The van der Waals surface area contributed by atoms with Crippen molar-refractivity contribution in [2.45, 2.75) is 44.4 Å². The van der Waals surface area contributed by atoms with Crippen molar-refractivity contribution in [3.63, 3.8) is 0 Å². The van der Waals surface area contributed by atoms with Gasteiger partial charge in [-0.05, 0) is 25.3 Å². The van der Waals surface area contributed by atoms with E-state index in [1.807, 2.05) is 42.5 Å². The molecule has 0 bridgehead atoms. The Bertz CT molecular complexity index is 604. The Hall–Kier alpha value is -1.89. The first kappa shape index (κ1) is 14.1. The third-order valence-corrected chi connectivity index (χ3v) is 4.78. The molecule has 0 saturated heterocycles. The number of hydrogen-bond acceptors (Lipinski definition) is 1. The fourth-order valence-corrected chi connectivity index (χ4v) is 3.54. The van der Waals surface area contributed by atoms with E-state index in [0.29, 0.717) is 5.78 Å². The van der Waals surface area contributed by atoms with E-state index in [2.05, 4.69) is 19.1 Å². The number of carbonyl (C=O) groups excluding carboxylic acids is 1. The van der Waals surface area contributed by atoms with Gasteiger partial charge in [-0.1, -0.05) is 79.4 Å². The molecule has 3 rings (SSSR count). The molecule has 0 radical (unpaired) electrons. The van der Waals surface area contributed by atoms with Crippen molar-refractivity contribution in [2.24, 2.45) is 0 Å². The minimum atomic E-state index is -0.311.